The third-order valence-electron chi connectivity index (χ3n) is 2.12. The number of aliphatic carboxylic acids is 1. The molecule has 0 bridgehead atoms. The van der Waals surface area contributed by atoms with Gasteiger partial charge in [-0.2, -0.15) is 0 Å². The summed E-state index contributed by atoms with van der Waals surface area (Å²) in [6.07, 6.45) is 0.264. The number of benzene rings is 1. The summed E-state index contributed by atoms with van der Waals surface area (Å²) in [6, 6.07) is 6.06. The van der Waals surface area contributed by atoms with Crippen LogP contribution >= 0.6 is 0 Å². The van der Waals surface area contributed by atoms with Gasteiger partial charge in [0.05, 0.1) is 4.90 Å². The Balaban J connectivity index is 2.80. The Hall–Kier alpha value is -1.40. The highest BCUT2D eigenvalue weighted by Gasteiger charge is 2.09. The van der Waals surface area contributed by atoms with Crippen molar-refractivity contribution in [3.05, 3.63) is 29.8 Å². The van der Waals surface area contributed by atoms with Crippen LogP contribution in [-0.4, -0.2) is 21.4 Å². The molecule has 0 fully saturated rings. The van der Waals surface area contributed by atoms with E-state index in [-0.39, 0.29) is 11.3 Å². The Kier molecular flexibility index (Phi) is 4.03. The van der Waals surface area contributed by atoms with E-state index in [1.807, 2.05) is 0 Å². The quantitative estimate of drug-likeness (QED) is 0.738. The van der Waals surface area contributed by atoms with Gasteiger partial charge in [0.1, 0.15) is 0 Å². The van der Waals surface area contributed by atoms with Crippen molar-refractivity contribution in [1.29, 1.82) is 0 Å². The predicted molar refractivity (Wildman–Crippen MR) is 56.0 cm³/mol. The molecule has 0 aliphatic rings. The minimum Gasteiger partial charge on any atom is -0.550 e. The molecule has 1 aromatic rings. The highest BCUT2D eigenvalue weighted by Crippen LogP contribution is 2.11. The third kappa shape index (κ3) is 3.32. The van der Waals surface area contributed by atoms with Crippen molar-refractivity contribution in [1.82, 2.24) is 4.72 Å². The lowest BCUT2D eigenvalue weighted by atomic mass is 10.1. The van der Waals surface area contributed by atoms with Gasteiger partial charge in [-0.25, -0.2) is 13.1 Å². The molecule has 88 valence electrons. The lowest BCUT2D eigenvalue weighted by Gasteiger charge is -2.05. The molecule has 1 aromatic carbocycles. The van der Waals surface area contributed by atoms with E-state index in [1.165, 1.54) is 19.2 Å². The number of carboxylic acids is 1. The number of carbonyl (C=O) groups is 1. The SMILES string of the molecule is CNS(=O)(=O)c1ccc(CCC(=O)[O-])cc1. The fourth-order valence-electron chi connectivity index (χ4n) is 1.20. The molecule has 1 N–H and O–H groups in total. The molecular formula is C10H12NO4S-. The summed E-state index contributed by atoms with van der Waals surface area (Å²) in [5.74, 6) is -1.12. The molecule has 0 amide bonds. The maximum Gasteiger partial charge on any atom is 0.240 e. The summed E-state index contributed by atoms with van der Waals surface area (Å²) >= 11 is 0. The van der Waals surface area contributed by atoms with E-state index in [0.29, 0.717) is 6.42 Å². The van der Waals surface area contributed by atoms with E-state index in [9.17, 15) is 18.3 Å². The lowest BCUT2D eigenvalue weighted by Crippen LogP contribution is -2.22. The number of nitrogens with one attached hydrogen (secondary N) is 1. The monoisotopic (exact) mass is 242 g/mol. The Morgan fingerprint density at radius 2 is 1.88 bits per heavy atom. The van der Waals surface area contributed by atoms with Gasteiger partial charge in [0.25, 0.3) is 0 Å². The first-order chi connectivity index (χ1) is 7.45. The van der Waals surface area contributed by atoms with E-state index in [1.54, 1.807) is 12.1 Å². The Morgan fingerprint density at radius 1 is 1.31 bits per heavy atom. The normalized spacial score (nSPS) is 11.3. The van der Waals surface area contributed by atoms with E-state index in [2.05, 4.69) is 4.72 Å². The van der Waals surface area contributed by atoms with Crippen LogP contribution in [0.5, 0.6) is 0 Å². The van der Waals surface area contributed by atoms with Crippen molar-refractivity contribution in [3.63, 3.8) is 0 Å². The number of hydrogen-bond acceptors (Lipinski definition) is 4. The minimum absolute atomic E-state index is 0.0713. The number of rotatable bonds is 5. The van der Waals surface area contributed by atoms with Crippen molar-refractivity contribution in [2.45, 2.75) is 17.7 Å². The summed E-state index contributed by atoms with van der Waals surface area (Å²) in [4.78, 5) is 10.4. The van der Waals surface area contributed by atoms with Crippen LogP contribution < -0.4 is 9.83 Å². The second-order valence-electron chi connectivity index (χ2n) is 3.22. The molecule has 0 radical (unpaired) electrons. The summed E-state index contributed by atoms with van der Waals surface area (Å²) in [7, 11) is -2.09. The van der Waals surface area contributed by atoms with Crippen LogP contribution in [0.4, 0.5) is 0 Å². The van der Waals surface area contributed by atoms with Crippen LogP contribution in [0.25, 0.3) is 0 Å². The molecular weight excluding hydrogens is 230 g/mol. The number of carboxylic acid groups (broad SMARTS) is 1. The molecule has 1 rings (SSSR count). The number of aryl methyl sites for hydroxylation is 1. The molecule has 0 heterocycles. The highest BCUT2D eigenvalue weighted by atomic mass is 32.2. The van der Waals surface area contributed by atoms with Gasteiger partial charge in [0.15, 0.2) is 0 Å². The number of sulfonamides is 1. The van der Waals surface area contributed by atoms with Crippen LogP contribution in [-0.2, 0) is 21.2 Å². The van der Waals surface area contributed by atoms with Crippen LogP contribution in [0.3, 0.4) is 0 Å². The number of carbonyl (C=O) groups excluding carboxylic acids is 1. The largest absolute Gasteiger partial charge is 0.550 e. The zero-order chi connectivity index (χ0) is 12.2. The lowest BCUT2D eigenvalue weighted by molar-refractivity contribution is -0.305. The first kappa shape index (κ1) is 12.7. The standard InChI is InChI=1S/C10H13NO4S/c1-11-16(14,15)9-5-2-8(3-6-9)4-7-10(12)13/h2-3,5-6,11H,4,7H2,1H3,(H,12,13)/p-1. The first-order valence-corrected chi connectivity index (χ1v) is 6.16. The van der Waals surface area contributed by atoms with E-state index in [0.717, 1.165) is 5.56 Å². The van der Waals surface area contributed by atoms with Gasteiger partial charge in [-0.1, -0.05) is 12.1 Å². The molecule has 0 spiro atoms. The Labute approximate surface area is 94.2 Å². The molecule has 0 atom stereocenters. The smallest absolute Gasteiger partial charge is 0.240 e. The molecule has 0 aliphatic heterocycles. The van der Waals surface area contributed by atoms with Crippen LogP contribution in [0.2, 0.25) is 0 Å². The average molecular weight is 242 g/mol. The molecule has 0 saturated heterocycles. The van der Waals surface area contributed by atoms with E-state index in [4.69, 9.17) is 0 Å². The van der Waals surface area contributed by atoms with E-state index >= 15 is 0 Å². The predicted octanol–water partition coefficient (Wildman–Crippen LogP) is -0.723. The highest BCUT2D eigenvalue weighted by molar-refractivity contribution is 7.89. The maximum absolute atomic E-state index is 11.4. The molecule has 6 heteroatoms. The Morgan fingerprint density at radius 3 is 2.31 bits per heavy atom. The molecule has 5 nitrogen and oxygen atoms in total. The molecule has 16 heavy (non-hydrogen) atoms. The summed E-state index contributed by atoms with van der Waals surface area (Å²) < 4.78 is 24.9. The summed E-state index contributed by atoms with van der Waals surface area (Å²) in [5, 5.41) is 10.2. The van der Waals surface area contributed by atoms with Crippen LogP contribution in [0.15, 0.2) is 29.2 Å². The van der Waals surface area contributed by atoms with Crippen molar-refractivity contribution < 1.29 is 18.3 Å². The Bertz CT molecular complexity index is 464. The second kappa shape index (κ2) is 5.09. The van der Waals surface area contributed by atoms with E-state index < -0.39 is 16.0 Å². The van der Waals surface area contributed by atoms with Gasteiger partial charge in [0.2, 0.25) is 10.0 Å². The molecule has 0 aromatic heterocycles. The minimum atomic E-state index is -3.42. The van der Waals surface area contributed by atoms with Gasteiger partial charge in [0, 0.05) is 5.97 Å². The zero-order valence-corrected chi connectivity index (χ0v) is 9.58. The van der Waals surface area contributed by atoms with Gasteiger partial charge in [-0.15, -0.1) is 0 Å². The van der Waals surface area contributed by atoms with Crippen molar-refractivity contribution in [3.8, 4) is 0 Å². The fourth-order valence-corrected chi connectivity index (χ4v) is 1.93. The second-order valence-corrected chi connectivity index (χ2v) is 5.11. The summed E-state index contributed by atoms with van der Waals surface area (Å²) in [6.45, 7) is 0. The van der Waals surface area contributed by atoms with Gasteiger partial charge < -0.3 is 9.90 Å². The van der Waals surface area contributed by atoms with Crippen molar-refractivity contribution in [2.75, 3.05) is 7.05 Å². The zero-order valence-electron chi connectivity index (χ0n) is 8.76. The summed E-state index contributed by atoms with van der Waals surface area (Å²) in [5.41, 5.74) is 0.763. The van der Waals surface area contributed by atoms with Gasteiger partial charge in [-0.05, 0) is 37.6 Å². The van der Waals surface area contributed by atoms with Crippen molar-refractivity contribution >= 4 is 16.0 Å². The van der Waals surface area contributed by atoms with Crippen LogP contribution in [0, 0.1) is 0 Å². The average Bonchev–Trinajstić information content (AvgIpc) is 2.27. The maximum atomic E-state index is 11.4. The van der Waals surface area contributed by atoms with Gasteiger partial charge >= 0.3 is 0 Å². The van der Waals surface area contributed by atoms with Crippen LogP contribution in [0.1, 0.15) is 12.0 Å². The molecule has 0 aliphatic carbocycles. The third-order valence-corrected chi connectivity index (χ3v) is 3.55. The number of hydrogen-bond donors (Lipinski definition) is 1. The topological polar surface area (TPSA) is 86.3 Å². The molecule has 0 unspecified atom stereocenters. The van der Waals surface area contributed by atoms with Gasteiger partial charge in [-0.3, -0.25) is 0 Å². The molecule has 0 saturated carbocycles. The van der Waals surface area contributed by atoms with Crippen molar-refractivity contribution in [2.24, 2.45) is 0 Å². The fraction of sp³-hybridized carbons (Fsp3) is 0.300. The first-order valence-electron chi connectivity index (χ1n) is 4.68.